The Kier molecular flexibility index (Phi) is 5.17. The fourth-order valence-electron chi connectivity index (χ4n) is 3.73. The van der Waals surface area contributed by atoms with Crippen LogP contribution in [0.2, 0.25) is 0 Å². The van der Waals surface area contributed by atoms with Crippen molar-refractivity contribution >= 4 is 16.8 Å². The van der Waals surface area contributed by atoms with Gasteiger partial charge in [-0.05, 0) is 49.0 Å². The highest BCUT2D eigenvalue weighted by Crippen LogP contribution is 2.20. The zero-order valence-corrected chi connectivity index (χ0v) is 16.3. The van der Waals surface area contributed by atoms with Crippen LogP contribution in [-0.4, -0.2) is 53.5 Å². The van der Waals surface area contributed by atoms with E-state index in [0.29, 0.717) is 16.6 Å². The van der Waals surface area contributed by atoms with E-state index < -0.39 is 5.91 Å². The standard InChI is InChI=1S/C22H23FN4O2/c1-25-8-10-26(11-9-25)13-15-2-7-20-18(12-15)21(28)19(22(24)29)14-27(20)17-5-3-16(23)4-6-17/h2-7,12,14H,8-11,13H2,1H3,(H2,24,29). The van der Waals surface area contributed by atoms with E-state index in [1.807, 2.05) is 18.2 Å². The van der Waals surface area contributed by atoms with E-state index in [0.717, 1.165) is 38.3 Å². The van der Waals surface area contributed by atoms with Gasteiger partial charge in [0.2, 0.25) is 5.43 Å². The maximum absolute atomic E-state index is 13.3. The molecule has 2 aromatic carbocycles. The first-order valence-corrected chi connectivity index (χ1v) is 9.57. The molecule has 0 atom stereocenters. The summed E-state index contributed by atoms with van der Waals surface area (Å²) in [7, 11) is 2.11. The van der Waals surface area contributed by atoms with Crippen molar-refractivity contribution in [3.05, 3.63) is 75.8 Å². The zero-order chi connectivity index (χ0) is 20.5. The Labute approximate surface area is 167 Å². The first kappa shape index (κ1) is 19.3. The molecule has 6 nitrogen and oxygen atoms in total. The molecule has 3 aromatic rings. The van der Waals surface area contributed by atoms with Gasteiger partial charge in [-0.3, -0.25) is 14.5 Å². The third-order valence-corrected chi connectivity index (χ3v) is 5.44. The van der Waals surface area contributed by atoms with Gasteiger partial charge in [0.05, 0.1) is 5.52 Å². The number of hydrogen-bond acceptors (Lipinski definition) is 4. The van der Waals surface area contributed by atoms with Crippen LogP contribution in [0.5, 0.6) is 0 Å². The van der Waals surface area contributed by atoms with Crippen LogP contribution < -0.4 is 11.2 Å². The van der Waals surface area contributed by atoms with Crippen molar-refractivity contribution in [3.8, 4) is 5.69 Å². The van der Waals surface area contributed by atoms with Crippen LogP contribution in [0.1, 0.15) is 15.9 Å². The lowest BCUT2D eigenvalue weighted by molar-refractivity contribution is 0.0999. The van der Waals surface area contributed by atoms with Crippen molar-refractivity contribution < 1.29 is 9.18 Å². The monoisotopic (exact) mass is 394 g/mol. The molecular formula is C22H23FN4O2. The third kappa shape index (κ3) is 3.92. The Morgan fingerprint density at radius 1 is 1.07 bits per heavy atom. The SMILES string of the molecule is CN1CCN(Cc2ccc3c(c2)c(=O)c(C(N)=O)cn3-c2ccc(F)cc2)CC1. The zero-order valence-electron chi connectivity index (χ0n) is 16.3. The molecule has 2 heterocycles. The molecule has 1 amide bonds. The number of aromatic nitrogens is 1. The summed E-state index contributed by atoms with van der Waals surface area (Å²) in [5.41, 5.74) is 7.28. The number of amides is 1. The van der Waals surface area contributed by atoms with E-state index in [2.05, 4.69) is 16.8 Å². The largest absolute Gasteiger partial charge is 0.365 e. The molecule has 2 N–H and O–H groups in total. The molecule has 0 radical (unpaired) electrons. The van der Waals surface area contributed by atoms with Crippen LogP contribution >= 0.6 is 0 Å². The summed E-state index contributed by atoms with van der Waals surface area (Å²) in [5.74, 6) is -1.14. The van der Waals surface area contributed by atoms with Gasteiger partial charge < -0.3 is 15.2 Å². The molecule has 0 unspecified atom stereocenters. The Bertz CT molecular complexity index is 1120. The first-order chi connectivity index (χ1) is 13.9. The lowest BCUT2D eigenvalue weighted by Gasteiger charge is -2.32. The smallest absolute Gasteiger partial charge is 0.254 e. The number of hydrogen-bond donors (Lipinski definition) is 1. The van der Waals surface area contributed by atoms with Gasteiger partial charge in [0.15, 0.2) is 0 Å². The average molecular weight is 394 g/mol. The first-order valence-electron chi connectivity index (χ1n) is 9.57. The molecule has 1 aromatic heterocycles. The third-order valence-electron chi connectivity index (χ3n) is 5.44. The molecule has 1 aliphatic rings. The molecule has 150 valence electrons. The fraction of sp³-hybridized carbons (Fsp3) is 0.273. The second-order valence-corrected chi connectivity index (χ2v) is 7.51. The lowest BCUT2D eigenvalue weighted by atomic mass is 10.1. The summed E-state index contributed by atoms with van der Waals surface area (Å²) in [4.78, 5) is 29.4. The Morgan fingerprint density at radius 3 is 2.41 bits per heavy atom. The number of rotatable bonds is 4. The van der Waals surface area contributed by atoms with Gasteiger partial charge in [-0.1, -0.05) is 6.07 Å². The lowest BCUT2D eigenvalue weighted by Crippen LogP contribution is -2.43. The number of nitrogens with two attached hydrogens (primary N) is 1. The molecule has 1 aliphatic heterocycles. The summed E-state index contributed by atoms with van der Waals surface area (Å²) in [6.07, 6.45) is 1.43. The van der Waals surface area contributed by atoms with Crippen molar-refractivity contribution in [1.29, 1.82) is 0 Å². The molecule has 0 saturated carbocycles. The van der Waals surface area contributed by atoms with Gasteiger partial charge in [-0.2, -0.15) is 0 Å². The maximum Gasteiger partial charge on any atom is 0.254 e. The highest BCUT2D eigenvalue weighted by atomic mass is 19.1. The number of likely N-dealkylation sites (N-methyl/N-ethyl adjacent to an activating group) is 1. The minimum absolute atomic E-state index is 0.0847. The number of fused-ring (bicyclic) bond motifs is 1. The van der Waals surface area contributed by atoms with E-state index >= 15 is 0 Å². The topological polar surface area (TPSA) is 71.6 Å². The van der Waals surface area contributed by atoms with Gasteiger partial charge in [0.1, 0.15) is 11.4 Å². The van der Waals surface area contributed by atoms with E-state index in [1.165, 1.54) is 18.3 Å². The minimum Gasteiger partial charge on any atom is -0.365 e. The molecule has 0 spiro atoms. The van der Waals surface area contributed by atoms with E-state index in [-0.39, 0.29) is 16.8 Å². The summed E-state index contributed by atoms with van der Waals surface area (Å²) in [5, 5.41) is 0.428. The highest BCUT2D eigenvalue weighted by molar-refractivity contribution is 5.96. The quantitative estimate of drug-likeness (QED) is 0.735. The summed E-state index contributed by atoms with van der Waals surface area (Å²) in [6.45, 7) is 4.69. The van der Waals surface area contributed by atoms with Crippen molar-refractivity contribution in [3.63, 3.8) is 0 Å². The van der Waals surface area contributed by atoms with E-state index in [9.17, 15) is 14.0 Å². The number of halogens is 1. The Morgan fingerprint density at radius 2 is 1.76 bits per heavy atom. The highest BCUT2D eigenvalue weighted by Gasteiger charge is 2.17. The Balaban J connectivity index is 1.80. The minimum atomic E-state index is -0.780. The summed E-state index contributed by atoms with van der Waals surface area (Å²) < 4.78 is 15.1. The predicted molar refractivity (Wildman–Crippen MR) is 111 cm³/mol. The summed E-state index contributed by atoms with van der Waals surface area (Å²) in [6, 6.07) is 11.6. The van der Waals surface area contributed by atoms with Crippen LogP contribution in [0.3, 0.4) is 0 Å². The number of benzene rings is 2. The number of piperazine rings is 1. The van der Waals surface area contributed by atoms with Crippen molar-refractivity contribution in [2.45, 2.75) is 6.54 Å². The van der Waals surface area contributed by atoms with Crippen LogP contribution in [0.4, 0.5) is 4.39 Å². The van der Waals surface area contributed by atoms with Gasteiger partial charge in [0, 0.05) is 50.0 Å². The number of nitrogens with zero attached hydrogens (tertiary/aromatic N) is 3. The molecule has 1 saturated heterocycles. The van der Waals surface area contributed by atoms with Crippen molar-refractivity contribution in [1.82, 2.24) is 14.4 Å². The van der Waals surface area contributed by atoms with Gasteiger partial charge in [0.25, 0.3) is 5.91 Å². The second kappa shape index (κ2) is 7.77. The molecule has 1 fully saturated rings. The normalized spacial score (nSPS) is 15.7. The average Bonchev–Trinajstić information content (AvgIpc) is 2.71. The van der Waals surface area contributed by atoms with Crippen LogP contribution in [0.25, 0.3) is 16.6 Å². The molecular weight excluding hydrogens is 371 g/mol. The number of pyridine rings is 1. The maximum atomic E-state index is 13.3. The Hall–Kier alpha value is -3.03. The van der Waals surface area contributed by atoms with Gasteiger partial charge in [-0.25, -0.2) is 4.39 Å². The molecule has 4 rings (SSSR count). The molecule has 0 bridgehead atoms. The van der Waals surface area contributed by atoms with Gasteiger partial charge in [-0.15, -0.1) is 0 Å². The van der Waals surface area contributed by atoms with E-state index in [1.54, 1.807) is 16.7 Å². The van der Waals surface area contributed by atoms with E-state index in [4.69, 9.17) is 5.73 Å². The summed E-state index contributed by atoms with van der Waals surface area (Å²) >= 11 is 0. The van der Waals surface area contributed by atoms with Gasteiger partial charge >= 0.3 is 0 Å². The predicted octanol–water partition coefficient (Wildman–Crippen LogP) is 1.98. The molecule has 0 aliphatic carbocycles. The van der Waals surface area contributed by atoms with Crippen LogP contribution in [0, 0.1) is 5.82 Å². The number of carbonyl (C=O) groups is 1. The second-order valence-electron chi connectivity index (χ2n) is 7.51. The van der Waals surface area contributed by atoms with Crippen LogP contribution in [0.15, 0.2) is 53.5 Å². The number of primary amides is 1. The molecule has 7 heteroatoms. The fourth-order valence-corrected chi connectivity index (χ4v) is 3.73. The van der Waals surface area contributed by atoms with Crippen molar-refractivity contribution in [2.75, 3.05) is 33.2 Å². The van der Waals surface area contributed by atoms with Crippen molar-refractivity contribution in [2.24, 2.45) is 5.73 Å². The van der Waals surface area contributed by atoms with Crippen LogP contribution in [-0.2, 0) is 6.54 Å². The molecule has 29 heavy (non-hydrogen) atoms. The number of carbonyl (C=O) groups excluding carboxylic acids is 1.